The highest BCUT2D eigenvalue weighted by molar-refractivity contribution is 6.42. The van der Waals surface area contributed by atoms with Crippen molar-refractivity contribution in [1.29, 1.82) is 0 Å². The number of rotatable bonds is 6. The van der Waals surface area contributed by atoms with E-state index in [0.29, 0.717) is 50.6 Å². The maximum Gasteiger partial charge on any atom is 0.358 e. The zero-order chi connectivity index (χ0) is 29.4. The molecular formula is C29H28Cl2N6O4. The molecular weight excluding hydrogens is 567 g/mol. The molecule has 1 amide bonds. The first kappa shape index (κ1) is 28.4. The Hall–Kier alpha value is -4.15. The molecule has 0 bridgehead atoms. The molecule has 0 aliphatic carbocycles. The Balaban J connectivity index is 1.50. The molecule has 1 atom stereocenters. The monoisotopic (exact) mass is 594 g/mol. The summed E-state index contributed by atoms with van der Waals surface area (Å²) in [5.41, 5.74) is 2.82. The van der Waals surface area contributed by atoms with E-state index in [9.17, 15) is 14.4 Å². The fourth-order valence-electron chi connectivity index (χ4n) is 4.76. The number of nitrogens with zero attached hydrogens (tertiary/aromatic N) is 5. The van der Waals surface area contributed by atoms with E-state index in [4.69, 9.17) is 32.9 Å². The first-order chi connectivity index (χ1) is 19.6. The number of benzene rings is 2. The molecule has 12 heteroatoms. The van der Waals surface area contributed by atoms with Gasteiger partial charge in [0.15, 0.2) is 5.69 Å². The summed E-state index contributed by atoms with van der Waals surface area (Å²) >= 11 is 12.2. The highest BCUT2D eigenvalue weighted by Gasteiger charge is 2.32. The molecule has 0 fully saturated rings. The van der Waals surface area contributed by atoms with Gasteiger partial charge in [0.25, 0.3) is 11.5 Å². The molecule has 0 unspecified atom stereocenters. The number of hydrogen-bond acceptors (Lipinski definition) is 7. The van der Waals surface area contributed by atoms with Crippen LogP contribution in [0.2, 0.25) is 10.0 Å². The van der Waals surface area contributed by atoms with Crippen LogP contribution >= 0.6 is 23.2 Å². The summed E-state index contributed by atoms with van der Waals surface area (Å²) in [5.74, 6) is -0.362. The highest BCUT2D eigenvalue weighted by Crippen LogP contribution is 2.27. The molecule has 41 heavy (non-hydrogen) atoms. The minimum absolute atomic E-state index is 0.0113. The summed E-state index contributed by atoms with van der Waals surface area (Å²) in [6.45, 7) is 6.00. The van der Waals surface area contributed by atoms with Gasteiger partial charge in [-0.25, -0.2) is 19.0 Å². The topological polar surface area (TPSA) is 111 Å². The van der Waals surface area contributed by atoms with Crippen LogP contribution in [0, 0.1) is 0 Å². The van der Waals surface area contributed by atoms with Gasteiger partial charge in [0.05, 0.1) is 40.8 Å². The number of methoxy groups -OCH3 is 1. The zero-order valence-corrected chi connectivity index (χ0v) is 24.4. The maximum atomic E-state index is 13.9. The van der Waals surface area contributed by atoms with Gasteiger partial charge in [-0.3, -0.25) is 9.59 Å². The van der Waals surface area contributed by atoms with Gasteiger partial charge in [0.2, 0.25) is 5.95 Å². The smallest absolute Gasteiger partial charge is 0.358 e. The summed E-state index contributed by atoms with van der Waals surface area (Å²) in [5, 5.41) is 8.20. The van der Waals surface area contributed by atoms with E-state index in [1.807, 2.05) is 20.8 Å². The summed E-state index contributed by atoms with van der Waals surface area (Å²) in [6.07, 6.45) is 2.00. The summed E-state index contributed by atoms with van der Waals surface area (Å²) < 4.78 is 7.83. The van der Waals surface area contributed by atoms with E-state index in [1.165, 1.54) is 7.11 Å². The molecule has 0 radical (unpaired) electrons. The van der Waals surface area contributed by atoms with Crippen LogP contribution < -0.4 is 10.9 Å². The zero-order valence-electron chi connectivity index (χ0n) is 22.9. The number of hydrogen-bond donors (Lipinski definition) is 1. The molecule has 3 heterocycles. The number of nitrogens with one attached hydrogen (secondary N) is 1. The molecule has 2 aromatic carbocycles. The van der Waals surface area contributed by atoms with Gasteiger partial charge < -0.3 is 15.0 Å². The molecule has 0 saturated heterocycles. The Bertz CT molecular complexity index is 1700. The third kappa shape index (κ3) is 5.57. The first-order valence-electron chi connectivity index (χ1n) is 13.0. The van der Waals surface area contributed by atoms with Gasteiger partial charge in [-0.1, -0.05) is 23.2 Å². The average Bonchev–Trinajstić information content (AvgIpc) is 3.44. The van der Waals surface area contributed by atoms with Crippen molar-refractivity contribution in [3.05, 3.63) is 97.6 Å². The van der Waals surface area contributed by atoms with Gasteiger partial charge in [-0.05, 0) is 75.7 Å². The average molecular weight is 595 g/mol. The molecule has 10 nitrogen and oxygen atoms in total. The van der Waals surface area contributed by atoms with Crippen molar-refractivity contribution in [3.8, 4) is 11.4 Å². The lowest BCUT2D eigenvalue weighted by atomic mass is 9.98. The quantitative estimate of drug-likeness (QED) is 0.315. The standard InChI is InChI=1S/C29H28Cl2N6O4/c1-16(2)32-29-33-25-15-35(26(38)18-5-10-22(30)23(31)14-18)17(3)13-21(25)27(39)37(29)20-8-6-19(7-9-20)36-12-11-24(34-36)28(40)41-4/h5-12,14,16-17H,13,15H2,1-4H3,(H,32,33)/t17-/m1/s1. The van der Waals surface area contributed by atoms with Crippen molar-refractivity contribution >= 4 is 41.0 Å². The third-order valence-electron chi connectivity index (χ3n) is 6.82. The number of aromatic nitrogens is 4. The highest BCUT2D eigenvalue weighted by atomic mass is 35.5. The van der Waals surface area contributed by atoms with Crippen LogP contribution in [0.25, 0.3) is 11.4 Å². The van der Waals surface area contributed by atoms with Crippen molar-refractivity contribution in [2.45, 2.75) is 45.8 Å². The van der Waals surface area contributed by atoms with Crippen LogP contribution in [-0.4, -0.2) is 55.3 Å². The minimum Gasteiger partial charge on any atom is -0.464 e. The van der Waals surface area contributed by atoms with Crippen molar-refractivity contribution in [3.63, 3.8) is 0 Å². The Morgan fingerprint density at radius 1 is 1.05 bits per heavy atom. The predicted molar refractivity (Wildman–Crippen MR) is 157 cm³/mol. The Kier molecular flexibility index (Phi) is 7.88. The Morgan fingerprint density at radius 2 is 1.76 bits per heavy atom. The minimum atomic E-state index is -0.525. The second-order valence-electron chi connectivity index (χ2n) is 10.1. The van der Waals surface area contributed by atoms with Crippen molar-refractivity contribution in [2.24, 2.45) is 0 Å². The Labute approximate surface area is 246 Å². The second kappa shape index (κ2) is 11.4. The van der Waals surface area contributed by atoms with Crippen LogP contribution in [0.4, 0.5) is 5.95 Å². The lowest BCUT2D eigenvalue weighted by Gasteiger charge is -2.34. The van der Waals surface area contributed by atoms with Crippen molar-refractivity contribution in [1.82, 2.24) is 24.2 Å². The molecule has 0 saturated carbocycles. The van der Waals surface area contributed by atoms with Gasteiger partial charge in [-0.15, -0.1) is 0 Å². The van der Waals surface area contributed by atoms with E-state index in [2.05, 4.69) is 10.4 Å². The largest absolute Gasteiger partial charge is 0.464 e. The first-order valence-corrected chi connectivity index (χ1v) is 13.7. The molecule has 1 N–H and O–H groups in total. The van der Waals surface area contributed by atoms with Gasteiger partial charge in [-0.2, -0.15) is 5.10 Å². The molecule has 5 rings (SSSR count). The molecule has 4 aromatic rings. The summed E-state index contributed by atoms with van der Waals surface area (Å²) in [6, 6.07) is 13.3. The van der Waals surface area contributed by atoms with Crippen LogP contribution in [0.3, 0.4) is 0 Å². The van der Waals surface area contributed by atoms with E-state index in [0.717, 1.165) is 0 Å². The van der Waals surface area contributed by atoms with Crippen molar-refractivity contribution < 1.29 is 14.3 Å². The Morgan fingerprint density at radius 3 is 2.41 bits per heavy atom. The van der Waals surface area contributed by atoms with Gasteiger partial charge >= 0.3 is 5.97 Å². The van der Waals surface area contributed by atoms with Gasteiger partial charge in [0, 0.05) is 29.4 Å². The van der Waals surface area contributed by atoms with E-state index < -0.39 is 5.97 Å². The number of fused-ring (bicyclic) bond motifs is 1. The summed E-state index contributed by atoms with van der Waals surface area (Å²) in [4.78, 5) is 45.6. The van der Waals surface area contributed by atoms with E-state index >= 15 is 0 Å². The van der Waals surface area contributed by atoms with Crippen LogP contribution in [0.1, 0.15) is 52.9 Å². The van der Waals surface area contributed by atoms with E-state index in [-0.39, 0.29) is 35.8 Å². The predicted octanol–water partition coefficient (Wildman–Crippen LogP) is 4.92. The maximum absolute atomic E-state index is 13.9. The number of ether oxygens (including phenoxy) is 1. The van der Waals surface area contributed by atoms with Crippen LogP contribution in [0.5, 0.6) is 0 Å². The molecule has 0 spiro atoms. The van der Waals surface area contributed by atoms with Crippen molar-refractivity contribution in [2.75, 3.05) is 12.4 Å². The number of amides is 1. The lowest BCUT2D eigenvalue weighted by Crippen LogP contribution is -2.46. The van der Waals surface area contributed by atoms with E-state index in [1.54, 1.807) is 68.9 Å². The number of carbonyl (C=O) groups is 2. The number of carbonyl (C=O) groups excluding carboxylic acids is 2. The molecule has 1 aliphatic heterocycles. The van der Waals surface area contributed by atoms with Crippen LogP contribution in [-0.2, 0) is 17.7 Å². The number of esters is 1. The van der Waals surface area contributed by atoms with Gasteiger partial charge in [0.1, 0.15) is 0 Å². The lowest BCUT2D eigenvalue weighted by molar-refractivity contribution is 0.0592. The third-order valence-corrected chi connectivity index (χ3v) is 7.55. The summed E-state index contributed by atoms with van der Waals surface area (Å²) in [7, 11) is 1.30. The number of anilines is 1. The SMILES string of the molecule is COC(=O)c1ccn(-c2ccc(-n3c(NC(C)C)nc4c(c3=O)C[C@@H](C)N(C(=O)c3ccc(Cl)c(Cl)c3)C4)cc2)n1. The fourth-order valence-corrected chi connectivity index (χ4v) is 5.05. The second-order valence-corrected chi connectivity index (χ2v) is 10.9. The number of halogens is 2. The van der Waals surface area contributed by atoms with Crippen LogP contribution in [0.15, 0.2) is 59.5 Å². The fraction of sp³-hybridized carbons (Fsp3) is 0.276. The normalized spacial score (nSPS) is 14.6. The molecule has 1 aliphatic rings. The molecule has 212 valence electrons. The molecule has 2 aromatic heterocycles.